The molecule has 2 aromatic rings. The summed E-state index contributed by atoms with van der Waals surface area (Å²) in [7, 11) is 1.43. The minimum Gasteiger partial charge on any atom is -0.503 e. The molecule has 0 radical (unpaired) electrons. The molecule has 0 atom stereocenters. The zero-order valence-corrected chi connectivity index (χ0v) is 15.9. The first-order valence-electron chi connectivity index (χ1n) is 8.05. The van der Waals surface area contributed by atoms with Crippen molar-refractivity contribution in [2.75, 3.05) is 13.7 Å². The van der Waals surface area contributed by atoms with Crippen LogP contribution in [0.5, 0.6) is 11.5 Å². The molecule has 0 heterocycles. The monoisotopic (exact) mass is 414 g/mol. The van der Waals surface area contributed by atoms with Crippen LogP contribution in [0.3, 0.4) is 0 Å². The van der Waals surface area contributed by atoms with E-state index in [-0.39, 0.29) is 17.1 Å². The van der Waals surface area contributed by atoms with Gasteiger partial charge in [-0.3, -0.25) is 4.79 Å². The molecule has 0 fully saturated rings. The van der Waals surface area contributed by atoms with Gasteiger partial charge in [-0.1, -0.05) is 30.3 Å². The standard InChI is InChI=1S/C20H19BrN2O3/c1-26-18-12-15(11-17(21)19(18)24)10-16(13-22)20(25)23-9-5-8-14-6-3-2-4-7-14/h2-4,6-7,10-12,24H,5,8-9H2,1H3,(H,23,25)/b16-10+. The first-order valence-corrected chi connectivity index (χ1v) is 8.85. The molecule has 0 bridgehead atoms. The van der Waals surface area contributed by atoms with Crippen molar-refractivity contribution in [1.82, 2.24) is 5.32 Å². The number of methoxy groups -OCH3 is 1. The van der Waals surface area contributed by atoms with Crippen molar-refractivity contribution in [3.05, 3.63) is 63.6 Å². The number of carbonyl (C=O) groups is 1. The molecule has 5 nitrogen and oxygen atoms in total. The topological polar surface area (TPSA) is 82.3 Å². The van der Waals surface area contributed by atoms with E-state index >= 15 is 0 Å². The maximum absolute atomic E-state index is 12.2. The van der Waals surface area contributed by atoms with Gasteiger partial charge < -0.3 is 15.2 Å². The molecule has 2 N–H and O–H groups in total. The Kier molecular flexibility index (Phi) is 7.24. The zero-order valence-electron chi connectivity index (χ0n) is 14.3. The van der Waals surface area contributed by atoms with Crippen LogP contribution in [0.15, 0.2) is 52.5 Å². The predicted octanol–water partition coefficient (Wildman–Crippen LogP) is 3.82. The fraction of sp³-hybridized carbons (Fsp3) is 0.200. The number of phenolic OH excluding ortho intramolecular Hbond substituents is 1. The number of nitriles is 1. The van der Waals surface area contributed by atoms with E-state index in [0.29, 0.717) is 16.6 Å². The van der Waals surface area contributed by atoms with Gasteiger partial charge in [0.2, 0.25) is 0 Å². The minimum atomic E-state index is -0.427. The van der Waals surface area contributed by atoms with E-state index in [0.717, 1.165) is 12.8 Å². The van der Waals surface area contributed by atoms with E-state index in [1.807, 2.05) is 36.4 Å². The Morgan fingerprint density at radius 2 is 2.08 bits per heavy atom. The number of nitrogens with one attached hydrogen (secondary N) is 1. The summed E-state index contributed by atoms with van der Waals surface area (Å²) in [6.45, 7) is 0.481. The number of hydrogen-bond donors (Lipinski definition) is 2. The van der Waals surface area contributed by atoms with E-state index in [4.69, 9.17) is 4.74 Å². The average Bonchev–Trinajstić information content (AvgIpc) is 2.66. The van der Waals surface area contributed by atoms with Crippen LogP contribution in [0.25, 0.3) is 6.08 Å². The summed E-state index contributed by atoms with van der Waals surface area (Å²) in [5, 5.41) is 21.9. The second-order valence-electron chi connectivity index (χ2n) is 5.57. The summed E-state index contributed by atoms with van der Waals surface area (Å²) < 4.78 is 5.49. The largest absolute Gasteiger partial charge is 0.503 e. The van der Waals surface area contributed by atoms with Gasteiger partial charge in [0.1, 0.15) is 11.6 Å². The Morgan fingerprint density at radius 3 is 2.73 bits per heavy atom. The van der Waals surface area contributed by atoms with Crippen molar-refractivity contribution in [2.45, 2.75) is 12.8 Å². The molecular weight excluding hydrogens is 396 g/mol. The van der Waals surface area contributed by atoms with E-state index < -0.39 is 5.91 Å². The molecule has 0 saturated heterocycles. The quantitative estimate of drug-likeness (QED) is 0.409. The maximum atomic E-state index is 12.2. The van der Waals surface area contributed by atoms with Gasteiger partial charge in [0.25, 0.3) is 5.91 Å². The van der Waals surface area contributed by atoms with Crippen molar-refractivity contribution < 1.29 is 14.6 Å². The van der Waals surface area contributed by atoms with Crippen LogP contribution in [0.2, 0.25) is 0 Å². The van der Waals surface area contributed by atoms with Crippen LogP contribution in [-0.4, -0.2) is 24.7 Å². The van der Waals surface area contributed by atoms with Crippen LogP contribution in [0, 0.1) is 11.3 Å². The molecule has 0 spiro atoms. The molecule has 0 saturated carbocycles. The summed E-state index contributed by atoms with van der Waals surface area (Å²) in [5.74, 6) is -0.205. The molecule has 1 amide bonds. The average molecular weight is 415 g/mol. The van der Waals surface area contributed by atoms with Crippen molar-refractivity contribution in [3.63, 3.8) is 0 Å². The summed E-state index contributed by atoms with van der Waals surface area (Å²) in [4.78, 5) is 12.2. The highest BCUT2D eigenvalue weighted by molar-refractivity contribution is 9.10. The summed E-state index contributed by atoms with van der Waals surface area (Å²) in [6.07, 6.45) is 3.10. The summed E-state index contributed by atoms with van der Waals surface area (Å²) >= 11 is 3.22. The van der Waals surface area contributed by atoms with Crippen molar-refractivity contribution in [3.8, 4) is 17.6 Å². The Morgan fingerprint density at radius 1 is 1.35 bits per heavy atom. The third-order valence-electron chi connectivity index (χ3n) is 3.72. The second-order valence-corrected chi connectivity index (χ2v) is 6.42. The Balaban J connectivity index is 1.99. The molecule has 26 heavy (non-hydrogen) atoms. The SMILES string of the molecule is COc1cc(/C=C(\C#N)C(=O)NCCCc2ccccc2)cc(Br)c1O. The third-order valence-corrected chi connectivity index (χ3v) is 4.32. The lowest BCUT2D eigenvalue weighted by atomic mass is 10.1. The molecule has 6 heteroatoms. The number of benzene rings is 2. The first kappa shape index (κ1) is 19.5. The number of aryl methyl sites for hydroxylation is 1. The lowest BCUT2D eigenvalue weighted by Crippen LogP contribution is -2.25. The minimum absolute atomic E-state index is 0.00986. The van der Waals surface area contributed by atoms with Gasteiger partial charge in [0.15, 0.2) is 11.5 Å². The van der Waals surface area contributed by atoms with Gasteiger partial charge in [-0.05, 0) is 58.1 Å². The van der Waals surface area contributed by atoms with Gasteiger partial charge in [-0.25, -0.2) is 0 Å². The third kappa shape index (κ3) is 5.36. The summed E-state index contributed by atoms with van der Waals surface area (Å²) in [5.41, 5.74) is 1.77. The molecule has 0 aliphatic heterocycles. The van der Waals surface area contributed by atoms with Crippen LogP contribution < -0.4 is 10.1 Å². The normalized spacial score (nSPS) is 10.9. The molecule has 0 aromatic heterocycles. The van der Waals surface area contributed by atoms with Crippen molar-refractivity contribution in [2.24, 2.45) is 0 Å². The number of halogens is 1. The number of aromatic hydroxyl groups is 1. The Bertz CT molecular complexity index is 842. The maximum Gasteiger partial charge on any atom is 0.261 e. The molecule has 0 aliphatic carbocycles. The smallest absolute Gasteiger partial charge is 0.261 e. The van der Waals surface area contributed by atoms with Gasteiger partial charge in [-0.2, -0.15) is 5.26 Å². The highest BCUT2D eigenvalue weighted by atomic mass is 79.9. The number of rotatable bonds is 7. The number of nitrogens with zero attached hydrogens (tertiary/aromatic N) is 1. The molecule has 134 valence electrons. The number of carbonyl (C=O) groups excluding carboxylic acids is 1. The highest BCUT2D eigenvalue weighted by Crippen LogP contribution is 2.35. The molecule has 2 rings (SSSR count). The van der Waals surface area contributed by atoms with E-state index in [2.05, 4.69) is 21.2 Å². The molecule has 0 aliphatic rings. The van der Waals surface area contributed by atoms with E-state index in [1.54, 1.807) is 12.1 Å². The van der Waals surface area contributed by atoms with Gasteiger partial charge in [0, 0.05) is 6.54 Å². The Labute approximate surface area is 161 Å². The van der Waals surface area contributed by atoms with E-state index in [9.17, 15) is 15.2 Å². The fourth-order valence-electron chi connectivity index (χ4n) is 2.38. The summed E-state index contributed by atoms with van der Waals surface area (Å²) in [6, 6.07) is 15.1. The zero-order chi connectivity index (χ0) is 18.9. The van der Waals surface area contributed by atoms with Crippen LogP contribution in [0.1, 0.15) is 17.5 Å². The first-order chi connectivity index (χ1) is 12.5. The number of phenols is 1. The van der Waals surface area contributed by atoms with Crippen LogP contribution in [-0.2, 0) is 11.2 Å². The Hall–Kier alpha value is -2.78. The predicted molar refractivity (Wildman–Crippen MR) is 104 cm³/mol. The molecule has 0 unspecified atom stereocenters. The number of amides is 1. The fourth-order valence-corrected chi connectivity index (χ4v) is 2.84. The van der Waals surface area contributed by atoms with Crippen molar-refractivity contribution in [1.29, 1.82) is 5.26 Å². The molecular formula is C20H19BrN2O3. The van der Waals surface area contributed by atoms with Gasteiger partial charge in [-0.15, -0.1) is 0 Å². The lowest BCUT2D eigenvalue weighted by Gasteiger charge is -2.08. The highest BCUT2D eigenvalue weighted by Gasteiger charge is 2.11. The van der Waals surface area contributed by atoms with Crippen molar-refractivity contribution >= 4 is 27.9 Å². The van der Waals surface area contributed by atoms with Crippen LogP contribution >= 0.6 is 15.9 Å². The second kappa shape index (κ2) is 9.64. The lowest BCUT2D eigenvalue weighted by molar-refractivity contribution is -0.117. The van der Waals surface area contributed by atoms with Gasteiger partial charge >= 0.3 is 0 Å². The molecule has 2 aromatic carbocycles. The number of hydrogen-bond acceptors (Lipinski definition) is 4. The number of ether oxygens (including phenoxy) is 1. The van der Waals surface area contributed by atoms with Gasteiger partial charge in [0.05, 0.1) is 11.6 Å². The van der Waals surface area contributed by atoms with Crippen LogP contribution in [0.4, 0.5) is 0 Å². The van der Waals surface area contributed by atoms with E-state index in [1.165, 1.54) is 18.7 Å².